The maximum Gasteiger partial charge on any atom is 0.394 e. The van der Waals surface area contributed by atoms with Gasteiger partial charge in [0, 0.05) is 23.6 Å². The van der Waals surface area contributed by atoms with Crippen LogP contribution in [-0.4, -0.2) is 76.5 Å². The van der Waals surface area contributed by atoms with Crippen molar-refractivity contribution in [1.29, 1.82) is 0 Å². The van der Waals surface area contributed by atoms with Crippen molar-refractivity contribution in [3.05, 3.63) is 38.0 Å². The summed E-state index contributed by atoms with van der Waals surface area (Å²) < 4.78 is 13.4. The molecular weight excluding hydrogens is 392 g/mol. The number of hydrogen-bond donors (Lipinski definition) is 4. The van der Waals surface area contributed by atoms with Crippen molar-refractivity contribution in [1.82, 2.24) is 0 Å². The first-order chi connectivity index (χ1) is 13.5. The molecule has 0 spiro atoms. The average molecular weight is 418 g/mol. The number of carboxylic acids is 1. The van der Waals surface area contributed by atoms with Crippen molar-refractivity contribution >= 4 is 23.9 Å². The molecule has 11 nitrogen and oxygen atoms in total. The van der Waals surface area contributed by atoms with Crippen molar-refractivity contribution in [3.8, 4) is 0 Å². The second-order valence-electron chi connectivity index (χ2n) is 5.45. The summed E-state index contributed by atoms with van der Waals surface area (Å²) in [5, 5.41) is 35.0. The van der Waals surface area contributed by atoms with Crippen molar-refractivity contribution in [3.63, 3.8) is 0 Å². The molecular formula is C18H26O11. The minimum absolute atomic E-state index is 0.156. The highest BCUT2D eigenvalue weighted by Gasteiger charge is 2.48. The molecule has 0 aliphatic rings. The zero-order chi connectivity index (χ0) is 23.1. The van der Waals surface area contributed by atoms with Gasteiger partial charge in [-0.2, -0.15) is 0 Å². The van der Waals surface area contributed by atoms with Gasteiger partial charge in [-0.05, 0) is 6.42 Å². The third-order valence-electron chi connectivity index (χ3n) is 3.52. The largest absolute Gasteiger partial charge is 0.475 e. The molecule has 0 aliphatic heterocycles. The second kappa shape index (κ2) is 14.0. The molecule has 0 saturated carbocycles. The average Bonchev–Trinajstić information content (AvgIpc) is 2.73. The number of aliphatic carboxylic acids is 1. The van der Waals surface area contributed by atoms with Gasteiger partial charge < -0.3 is 34.6 Å². The number of esters is 3. The van der Waals surface area contributed by atoms with E-state index in [1.807, 2.05) is 6.92 Å². The highest BCUT2D eigenvalue weighted by Crippen LogP contribution is 2.18. The Hall–Kier alpha value is -3.02. The number of carboxylic acid groups (broad SMARTS) is 1. The monoisotopic (exact) mass is 418 g/mol. The summed E-state index contributed by atoms with van der Waals surface area (Å²) in [7, 11) is 0. The fourth-order valence-electron chi connectivity index (χ4n) is 1.35. The first-order valence-electron chi connectivity index (χ1n) is 8.11. The molecule has 0 aromatic heterocycles. The van der Waals surface area contributed by atoms with Gasteiger partial charge in [-0.15, -0.1) is 0 Å². The lowest BCUT2D eigenvalue weighted by Crippen LogP contribution is -2.51. The zero-order valence-corrected chi connectivity index (χ0v) is 16.0. The lowest BCUT2D eigenvalue weighted by atomic mass is 9.88. The maximum absolute atomic E-state index is 11.2. The van der Waals surface area contributed by atoms with Gasteiger partial charge in [0.15, 0.2) is 6.61 Å². The van der Waals surface area contributed by atoms with Gasteiger partial charge in [0.2, 0.25) is 0 Å². The minimum Gasteiger partial charge on any atom is -0.475 e. The quantitative estimate of drug-likeness (QED) is 0.179. The van der Waals surface area contributed by atoms with Crippen LogP contribution in [0.25, 0.3) is 0 Å². The molecule has 0 aliphatic carbocycles. The van der Waals surface area contributed by atoms with Gasteiger partial charge in [-0.25, -0.2) is 19.2 Å². The van der Waals surface area contributed by atoms with E-state index < -0.39 is 41.7 Å². The third-order valence-corrected chi connectivity index (χ3v) is 3.52. The van der Waals surface area contributed by atoms with E-state index in [1.165, 1.54) is 0 Å². The van der Waals surface area contributed by atoms with Crippen LogP contribution in [0.3, 0.4) is 0 Å². The Morgan fingerprint density at radius 1 is 0.828 bits per heavy atom. The van der Waals surface area contributed by atoms with Crippen LogP contribution < -0.4 is 0 Å². The van der Waals surface area contributed by atoms with Crippen LogP contribution in [0.1, 0.15) is 13.3 Å². The summed E-state index contributed by atoms with van der Waals surface area (Å²) in [5.41, 5.74) is -0.667. The number of aliphatic hydroxyl groups is 3. The van der Waals surface area contributed by atoms with E-state index in [0.717, 1.165) is 6.08 Å². The molecule has 0 atom stereocenters. The van der Waals surface area contributed by atoms with Gasteiger partial charge in [-0.1, -0.05) is 26.7 Å². The van der Waals surface area contributed by atoms with Crippen molar-refractivity contribution in [2.24, 2.45) is 5.41 Å². The third kappa shape index (κ3) is 9.65. The number of carbonyl (C=O) groups is 4. The van der Waals surface area contributed by atoms with E-state index in [2.05, 4.69) is 33.9 Å². The first kappa shape index (κ1) is 28.2. The van der Waals surface area contributed by atoms with E-state index in [-0.39, 0.29) is 19.8 Å². The molecule has 0 unspecified atom stereocenters. The standard InChI is InChI=1S/C12H12O8.C6H14O3/c1-4-8(13)18-7-12(11(16)17,19-9(14)5-2)20-10(15)6-3;1-2-6(3-7,4-8)5-9/h4-6H,1-3,7H2,(H,16,17);7-9H,2-5H2,1H3. The van der Waals surface area contributed by atoms with E-state index in [4.69, 9.17) is 20.4 Å². The van der Waals surface area contributed by atoms with Gasteiger partial charge in [-0.3, -0.25) is 0 Å². The van der Waals surface area contributed by atoms with Crippen LogP contribution in [0, 0.1) is 5.41 Å². The number of hydrogen-bond acceptors (Lipinski definition) is 10. The zero-order valence-electron chi connectivity index (χ0n) is 16.0. The Balaban J connectivity index is 0. The van der Waals surface area contributed by atoms with Crippen molar-refractivity contribution in [2.75, 3.05) is 26.4 Å². The smallest absolute Gasteiger partial charge is 0.394 e. The molecule has 0 fully saturated rings. The number of aliphatic hydroxyl groups excluding tert-OH is 3. The molecule has 0 aromatic carbocycles. The summed E-state index contributed by atoms with van der Waals surface area (Å²) in [4.78, 5) is 44.4. The number of carbonyl (C=O) groups excluding carboxylic acids is 3. The van der Waals surface area contributed by atoms with Crippen LogP contribution in [0.15, 0.2) is 38.0 Å². The van der Waals surface area contributed by atoms with Crippen molar-refractivity contribution < 1.29 is 53.8 Å². The highest BCUT2D eigenvalue weighted by molar-refractivity contribution is 5.90. The Kier molecular flexibility index (Phi) is 13.7. The summed E-state index contributed by atoms with van der Waals surface area (Å²) >= 11 is 0. The molecule has 0 radical (unpaired) electrons. The molecule has 4 N–H and O–H groups in total. The summed E-state index contributed by atoms with van der Waals surface area (Å²) in [6.07, 6.45) is 2.64. The number of rotatable bonds is 12. The molecule has 0 bridgehead atoms. The van der Waals surface area contributed by atoms with Crippen LogP contribution >= 0.6 is 0 Å². The molecule has 0 rings (SSSR count). The lowest BCUT2D eigenvalue weighted by Gasteiger charge is -2.26. The van der Waals surface area contributed by atoms with Crippen LogP contribution in [-0.2, 0) is 33.4 Å². The molecule has 0 aromatic rings. The SMILES string of the molecule is C=CC(=O)OCC(OC(=O)C=C)(OC(=O)C=C)C(=O)O.CCC(CO)(CO)CO. The molecule has 164 valence electrons. The molecule has 0 heterocycles. The fourth-order valence-corrected chi connectivity index (χ4v) is 1.35. The van der Waals surface area contributed by atoms with Crippen LogP contribution in [0.4, 0.5) is 0 Å². The Morgan fingerprint density at radius 3 is 1.41 bits per heavy atom. The predicted molar refractivity (Wildman–Crippen MR) is 98.1 cm³/mol. The predicted octanol–water partition coefficient (Wildman–Crippen LogP) is -0.685. The Labute approximate surface area is 167 Å². The van der Waals surface area contributed by atoms with Gasteiger partial charge in [0.05, 0.1) is 19.8 Å². The van der Waals surface area contributed by atoms with Crippen LogP contribution in [0.2, 0.25) is 0 Å². The van der Waals surface area contributed by atoms with Crippen molar-refractivity contribution in [2.45, 2.75) is 19.1 Å². The van der Waals surface area contributed by atoms with E-state index in [9.17, 15) is 19.2 Å². The van der Waals surface area contributed by atoms with E-state index >= 15 is 0 Å². The molecule has 0 saturated heterocycles. The molecule has 11 heteroatoms. The lowest BCUT2D eigenvalue weighted by molar-refractivity contribution is -0.243. The second-order valence-corrected chi connectivity index (χ2v) is 5.45. The minimum atomic E-state index is -2.84. The topological polar surface area (TPSA) is 177 Å². The maximum atomic E-state index is 11.2. The van der Waals surface area contributed by atoms with Gasteiger partial charge in [0.1, 0.15) is 0 Å². The summed E-state index contributed by atoms with van der Waals surface area (Å²) in [6.45, 7) is 9.51. The highest BCUT2D eigenvalue weighted by atomic mass is 16.8. The summed E-state index contributed by atoms with van der Waals surface area (Å²) in [6, 6.07) is 0. The van der Waals surface area contributed by atoms with E-state index in [0.29, 0.717) is 18.6 Å². The fraction of sp³-hybridized carbons (Fsp3) is 0.444. The van der Waals surface area contributed by atoms with E-state index in [1.54, 1.807) is 0 Å². The Bertz CT molecular complexity index is 565. The normalized spacial score (nSPS) is 10.5. The number of ether oxygens (including phenoxy) is 3. The van der Waals surface area contributed by atoms with Gasteiger partial charge in [0.25, 0.3) is 0 Å². The van der Waals surface area contributed by atoms with Gasteiger partial charge >= 0.3 is 29.7 Å². The van der Waals surface area contributed by atoms with Crippen LogP contribution in [0.5, 0.6) is 0 Å². The molecule has 29 heavy (non-hydrogen) atoms. The first-order valence-corrected chi connectivity index (χ1v) is 8.11. The Morgan fingerprint density at radius 2 is 1.21 bits per heavy atom. The summed E-state index contributed by atoms with van der Waals surface area (Å²) in [5.74, 6) is -8.09. The molecule has 0 amide bonds.